The molecule has 7 nitrogen and oxygen atoms in total. The topological polar surface area (TPSA) is 65.1 Å². The van der Waals surface area contributed by atoms with Crippen molar-refractivity contribution in [2.24, 2.45) is 0 Å². The molecule has 0 saturated carbocycles. The molecular formula is C33H36N4O3. The van der Waals surface area contributed by atoms with Gasteiger partial charge in [0.2, 0.25) is 0 Å². The van der Waals surface area contributed by atoms with Crippen molar-refractivity contribution in [1.82, 2.24) is 14.7 Å². The predicted octanol–water partition coefficient (Wildman–Crippen LogP) is 4.90. The van der Waals surface area contributed by atoms with Crippen LogP contribution in [-0.2, 0) is 4.74 Å². The van der Waals surface area contributed by atoms with Crippen LogP contribution < -0.4 is 5.32 Å². The fourth-order valence-corrected chi connectivity index (χ4v) is 5.84. The van der Waals surface area contributed by atoms with Crippen molar-refractivity contribution < 1.29 is 14.3 Å². The molecule has 0 spiro atoms. The zero-order chi connectivity index (χ0) is 27.3. The molecule has 1 N–H and O–H groups in total. The summed E-state index contributed by atoms with van der Waals surface area (Å²) in [4.78, 5) is 32.9. The summed E-state index contributed by atoms with van der Waals surface area (Å²) in [5.41, 5.74) is 4.36. The molecule has 0 aliphatic carbocycles. The Morgan fingerprint density at radius 3 is 2.55 bits per heavy atom. The van der Waals surface area contributed by atoms with E-state index < -0.39 is 0 Å². The molecule has 2 saturated heterocycles. The second-order valence-electron chi connectivity index (χ2n) is 10.7. The van der Waals surface area contributed by atoms with E-state index in [0.717, 1.165) is 55.9 Å². The lowest BCUT2D eigenvalue weighted by atomic mass is 10.1. The van der Waals surface area contributed by atoms with Gasteiger partial charge in [0.1, 0.15) is 6.17 Å². The van der Waals surface area contributed by atoms with E-state index in [1.165, 1.54) is 5.56 Å². The van der Waals surface area contributed by atoms with Gasteiger partial charge in [-0.1, -0.05) is 66.7 Å². The molecular weight excluding hydrogens is 500 g/mol. The number of benzene rings is 3. The number of piperazine rings is 1. The average molecular weight is 537 g/mol. The minimum Gasteiger partial charge on any atom is -0.376 e. The van der Waals surface area contributed by atoms with E-state index >= 15 is 0 Å². The standard InChI is InChI=1S/C33H36N4O3/c38-32(36-20-18-35(19-21-36)17-7-11-25-9-2-1-3-10-25)26-12-6-13-27(23-26)34-31-29-15-4-5-16-30(29)33(39)37(31)24-28-14-8-22-40-28/h1-7,9-13,15-16,23,28,31,34H,8,14,17-22,24H2/b11-7+. The van der Waals surface area contributed by atoms with Crippen LogP contribution in [0.3, 0.4) is 0 Å². The number of rotatable bonds is 8. The first-order valence-electron chi connectivity index (χ1n) is 14.3. The molecule has 0 bridgehead atoms. The molecule has 2 atom stereocenters. The number of amides is 2. The highest BCUT2D eigenvalue weighted by Gasteiger charge is 2.38. The molecule has 2 unspecified atom stereocenters. The number of nitrogens with zero attached hydrogens (tertiary/aromatic N) is 3. The number of nitrogens with one attached hydrogen (secondary N) is 1. The van der Waals surface area contributed by atoms with Gasteiger partial charge in [-0.05, 0) is 42.7 Å². The van der Waals surface area contributed by atoms with Crippen molar-refractivity contribution in [3.63, 3.8) is 0 Å². The lowest BCUT2D eigenvalue weighted by Gasteiger charge is -2.34. The molecule has 3 aliphatic heterocycles. The first-order chi connectivity index (χ1) is 19.7. The van der Waals surface area contributed by atoms with Crippen LogP contribution >= 0.6 is 0 Å². The molecule has 206 valence electrons. The summed E-state index contributed by atoms with van der Waals surface area (Å²) < 4.78 is 5.85. The Bertz CT molecular complexity index is 1360. The number of fused-ring (bicyclic) bond motifs is 1. The molecule has 3 aromatic carbocycles. The number of ether oxygens (including phenoxy) is 1. The van der Waals surface area contributed by atoms with Crippen LogP contribution in [0.1, 0.15) is 50.9 Å². The van der Waals surface area contributed by atoms with Crippen LogP contribution in [0.2, 0.25) is 0 Å². The molecule has 2 fully saturated rings. The van der Waals surface area contributed by atoms with Gasteiger partial charge in [-0.2, -0.15) is 0 Å². The molecule has 0 aromatic heterocycles. The van der Waals surface area contributed by atoms with Gasteiger partial charge >= 0.3 is 0 Å². The van der Waals surface area contributed by atoms with Gasteiger partial charge in [-0.15, -0.1) is 0 Å². The highest BCUT2D eigenvalue weighted by molar-refractivity contribution is 5.99. The largest absolute Gasteiger partial charge is 0.376 e. The Labute approximate surface area is 236 Å². The van der Waals surface area contributed by atoms with Gasteiger partial charge in [0, 0.05) is 68.3 Å². The Hall–Kier alpha value is -3.94. The first kappa shape index (κ1) is 26.3. The minimum absolute atomic E-state index is 0.0207. The third-order valence-electron chi connectivity index (χ3n) is 8.03. The normalized spacial score (nSPS) is 21.2. The van der Waals surface area contributed by atoms with Gasteiger partial charge in [0.15, 0.2) is 0 Å². The number of hydrogen-bond acceptors (Lipinski definition) is 5. The summed E-state index contributed by atoms with van der Waals surface area (Å²) in [6.07, 6.45) is 6.09. The van der Waals surface area contributed by atoms with Crippen molar-refractivity contribution in [2.45, 2.75) is 25.1 Å². The van der Waals surface area contributed by atoms with Crippen LogP contribution in [0.5, 0.6) is 0 Å². The Balaban J connectivity index is 1.09. The summed E-state index contributed by atoms with van der Waals surface area (Å²) in [6, 6.07) is 25.7. The summed E-state index contributed by atoms with van der Waals surface area (Å²) in [5, 5.41) is 3.56. The van der Waals surface area contributed by atoms with Crippen molar-refractivity contribution >= 4 is 23.6 Å². The van der Waals surface area contributed by atoms with E-state index in [4.69, 9.17) is 4.74 Å². The van der Waals surface area contributed by atoms with E-state index in [9.17, 15) is 9.59 Å². The predicted molar refractivity (Wildman–Crippen MR) is 157 cm³/mol. The quantitative estimate of drug-likeness (QED) is 0.444. The summed E-state index contributed by atoms with van der Waals surface area (Å²) >= 11 is 0. The maximum atomic E-state index is 13.4. The second kappa shape index (κ2) is 12.1. The lowest BCUT2D eigenvalue weighted by molar-refractivity contribution is 0.0488. The lowest BCUT2D eigenvalue weighted by Crippen LogP contribution is -2.48. The Kier molecular flexibility index (Phi) is 7.93. The molecule has 40 heavy (non-hydrogen) atoms. The molecule has 6 rings (SSSR count). The number of carbonyl (C=O) groups is 2. The molecule has 0 radical (unpaired) electrons. The van der Waals surface area contributed by atoms with Gasteiger partial charge in [0.25, 0.3) is 11.8 Å². The number of anilines is 1. The zero-order valence-corrected chi connectivity index (χ0v) is 22.7. The molecule has 7 heteroatoms. The zero-order valence-electron chi connectivity index (χ0n) is 22.7. The Morgan fingerprint density at radius 1 is 0.950 bits per heavy atom. The van der Waals surface area contributed by atoms with Crippen molar-refractivity contribution in [3.8, 4) is 0 Å². The van der Waals surface area contributed by atoms with Crippen LogP contribution in [0.15, 0.2) is 84.9 Å². The van der Waals surface area contributed by atoms with E-state index in [1.54, 1.807) is 0 Å². The number of hydrogen-bond donors (Lipinski definition) is 1. The highest BCUT2D eigenvalue weighted by Crippen LogP contribution is 2.35. The first-order valence-corrected chi connectivity index (χ1v) is 14.3. The van der Waals surface area contributed by atoms with Gasteiger partial charge < -0.3 is 19.9 Å². The van der Waals surface area contributed by atoms with Gasteiger partial charge in [-0.3, -0.25) is 14.5 Å². The minimum atomic E-state index is -0.300. The third kappa shape index (κ3) is 5.81. The third-order valence-corrected chi connectivity index (χ3v) is 8.03. The Morgan fingerprint density at radius 2 is 1.75 bits per heavy atom. The summed E-state index contributed by atoms with van der Waals surface area (Å²) in [7, 11) is 0. The van der Waals surface area contributed by atoms with E-state index in [2.05, 4.69) is 34.5 Å². The van der Waals surface area contributed by atoms with E-state index in [-0.39, 0.29) is 24.1 Å². The van der Waals surface area contributed by atoms with Crippen LogP contribution in [0.25, 0.3) is 6.08 Å². The van der Waals surface area contributed by atoms with Crippen LogP contribution in [0, 0.1) is 0 Å². The fourth-order valence-electron chi connectivity index (χ4n) is 5.84. The highest BCUT2D eigenvalue weighted by atomic mass is 16.5. The van der Waals surface area contributed by atoms with Crippen LogP contribution in [-0.4, -0.2) is 78.5 Å². The summed E-state index contributed by atoms with van der Waals surface area (Å²) in [5.74, 6) is 0.0644. The van der Waals surface area contributed by atoms with E-state index in [0.29, 0.717) is 25.2 Å². The average Bonchev–Trinajstić information content (AvgIpc) is 3.61. The maximum Gasteiger partial charge on any atom is 0.256 e. The monoisotopic (exact) mass is 536 g/mol. The molecule has 3 heterocycles. The number of carbonyl (C=O) groups excluding carboxylic acids is 2. The maximum absolute atomic E-state index is 13.4. The van der Waals surface area contributed by atoms with Crippen molar-refractivity contribution in [2.75, 3.05) is 51.2 Å². The molecule has 2 amide bonds. The van der Waals surface area contributed by atoms with Gasteiger partial charge in [-0.25, -0.2) is 0 Å². The summed E-state index contributed by atoms with van der Waals surface area (Å²) in [6.45, 7) is 5.28. The van der Waals surface area contributed by atoms with Crippen molar-refractivity contribution in [1.29, 1.82) is 0 Å². The van der Waals surface area contributed by atoms with Crippen molar-refractivity contribution in [3.05, 3.63) is 107 Å². The molecule has 3 aliphatic rings. The van der Waals surface area contributed by atoms with Crippen LogP contribution in [0.4, 0.5) is 5.69 Å². The van der Waals surface area contributed by atoms with Gasteiger partial charge in [0.05, 0.1) is 6.10 Å². The second-order valence-corrected chi connectivity index (χ2v) is 10.7. The van der Waals surface area contributed by atoms with E-state index in [1.807, 2.05) is 76.5 Å². The smallest absolute Gasteiger partial charge is 0.256 e. The fraction of sp³-hybridized carbons (Fsp3) is 0.333. The molecule has 3 aromatic rings. The SMILES string of the molecule is O=C(c1cccc(NC2c3ccccc3C(=O)N2CC2CCCO2)c1)N1CCN(C/C=C/c2ccccc2)CC1.